The second-order valence-electron chi connectivity index (χ2n) is 3.71. The lowest BCUT2D eigenvalue weighted by atomic mass is 10.1. The fraction of sp³-hybridized carbons (Fsp3) is 0.0714. The predicted molar refractivity (Wildman–Crippen MR) is 64.1 cm³/mol. The summed E-state index contributed by atoms with van der Waals surface area (Å²) >= 11 is 0. The molecule has 2 aromatic carbocycles. The Labute approximate surface area is 103 Å². The average molecular weight is 246 g/mol. The van der Waals surface area contributed by atoms with Crippen LogP contribution in [0.5, 0.6) is 5.75 Å². The third-order valence-corrected chi connectivity index (χ3v) is 2.44. The van der Waals surface area contributed by atoms with E-state index in [4.69, 9.17) is 9.84 Å². The molecule has 0 aliphatic carbocycles. The van der Waals surface area contributed by atoms with Crippen LogP contribution >= 0.6 is 0 Å². The molecule has 2 rings (SSSR count). The molecule has 0 aromatic heterocycles. The largest absolute Gasteiger partial charge is 0.489 e. The first-order valence-electron chi connectivity index (χ1n) is 5.36. The average Bonchev–Trinajstić information content (AvgIpc) is 2.38. The Bertz CT molecular complexity index is 552. The molecule has 3 nitrogen and oxygen atoms in total. The summed E-state index contributed by atoms with van der Waals surface area (Å²) in [4.78, 5) is 11.0. The minimum atomic E-state index is -1.17. The Morgan fingerprint density at radius 2 is 1.89 bits per heavy atom. The molecular weight excluding hydrogens is 235 g/mol. The second-order valence-corrected chi connectivity index (χ2v) is 3.71. The van der Waals surface area contributed by atoms with Gasteiger partial charge < -0.3 is 9.84 Å². The van der Waals surface area contributed by atoms with E-state index in [0.717, 1.165) is 6.07 Å². The van der Waals surface area contributed by atoms with Gasteiger partial charge in [0, 0.05) is 5.56 Å². The fourth-order valence-electron chi connectivity index (χ4n) is 1.55. The molecule has 0 fully saturated rings. The zero-order valence-electron chi connectivity index (χ0n) is 9.47. The Balaban J connectivity index is 2.17. The van der Waals surface area contributed by atoms with Crippen LogP contribution in [0.2, 0.25) is 0 Å². The molecule has 4 heteroatoms. The number of halogens is 1. The van der Waals surface area contributed by atoms with Crippen molar-refractivity contribution >= 4 is 5.97 Å². The molecule has 92 valence electrons. The van der Waals surface area contributed by atoms with Gasteiger partial charge >= 0.3 is 5.97 Å². The third-order valence-electron chi connectivity index (χ3n) is 2.44. The summed E-state index contributed by atoms with van der Waals surface area (Å²) in [7, 11) is 0. The van der Waals surface area contributed by atoms with E-state index in [1.165, 1.54) is 12.1 Å². The Kier molecular flexibility index (Phi) is 3.57. The lowest BCUT2D eigenvalue weighted by Gasteiger charge is -2.08. The zero-order chi connectivity index (χ0) is 13.0. The van der Waals surface area contributed by atoms with E-state index >= 15 is 0 Å². The van der Waals surface area contributed by atoms with Gasteiger partial charge in [0.1, 0.15) is 18.2 Å². The molecule has 0 heterocycles. The first-order chi connectivity index (χ1) is 8.66. The van der Waals surface area contributed by atoms with E-state index in [1.54, 1.807) is 12.1 Å². The zero-order valence-corrected chi connectivity index (χ0v) is 9.47. The molecule has 2 aromatic rings. The first-order valence-corrected chi connectivity index (χ1v) is 5.36. The number of carboxylic acid groups (broad SMARTS) is 1. The topological polar surface area (TPSA) is 46.5 Å². The van der Waals surface area contributed by atoms with Crippen molar-refractivity contribution in [2.24, 2.45) is 0 Å². The van der Waals surface area contributed by atoms with Crippen molar-refractivity contribution in [3.05, 3.63) is 65.5 Å². The van der Waals surface area contributed by atoms with Gasteiger partial charge in [0.05, 0.1) is 5.56 Å². The van der Waals surface area contributed by atoms with Crippen LogP contribution in [0.4, 0.5) is 4.39 Å². The van der Waals surface area contributed by atoms with E-state index in [9.17, 15) is 9.18 Å². The van der Waals surface area contributed by atoms with Crippen LogP contribution in [-0.2, 0) is 6.61 Å². The fourth-order valence-corrected chi connectivity index (χ4v) is 1.55. The van der Waals surface area contributed by atoms with Gasteiger partial charge in [-0.15, -0.1) is 0 Å². The minimum Gasteiger partial charge on any atom is -0.489 e. The summed E-state index contributed by atoms with van der Waals surface area (Å²) in [6, 6.07) is 12.7. The molecule has 0 atom stereocenters. The van der Waals surface area contributed by atoms with Gasteiger partial charge in [0.15, 0.2) is 0 Å². The molecule has 0 amide bonds. The second kappa shape index (κ2) is 5.31. The Hall–Kier alpha value is -2.36. The molecule has 18 heavy (non-hydrogen) atoms. The Morgan fingerprint density at radius 1 is 1.17 bits per heavy atom. The number of aromatic carboxylic acids is 1. The first kappa shape index (κ1) is 12.1. The van der Waals surface area contributed by atoms with Crippen LogP contribution in [-0.4, -0.2) is 11.1 Å². The summed E-state index contributed by atoms with van der Waals surface area (Å²) in [5.74, 6) is -1.10. The highest BCUT2D eigenvalue weighted by atomic mass is 19.1. The highest BCUT2D eigenvalue weighted by Crippen LogP contribution is 2.16. The van der Waals surface area contributed by atoms with Crippen molar-refractivity contribution in [2.75, 3.05) is 0 Å². The molecule has 0 saturated carbocycles. The standard InChI is InChI=1S/C14H11FO3/c15-11-7-6-10(13(8-11)14(16)17)9-18-12-4-2-1-3-5-12/h1-8H,9H2,(H,16,17). The van der Waals surface area contributed by atoms with Gasteiger partial charge in [-0.3, -0.25) is 0 Å². The van der Waals surface area contributed by atoms with Gasteiger partial charge in [-0.05, 0) is 24.3 Å². The molecule has 0 saturated heterocycles. The van der Waals surface area contributed by atoms with Crippen LogP contribution in [0.15, 0.2) is 48.5 Å². The molecule has 0 aliphatic heterocycles. The van der Waals surface area contributed by atoms with Crippen molar-refractivity contribution in [1.82, 2.24) is 0 Å². The third kappa shape index (κ3) is 2.85. The number of hydrogen-bond acceptors (Lipinski definition) is 2. The maximum atomic E-state index is 13.0. The van der Waals surface area contributed by atoms with E-state index in [-0.39, 0.29) is 12.2 Å². The van der Waals surface area contributed by atoms with Crippen LogP contribution in [0.25, 0.3) is 0 Å². The highest BCUT2D eigenvalue weighted by molar-refractivity contribution is 5.89. The van der Waals surface area contributed by atoms with Crippen molar-refractivity contribution in [2.45, 2.75) is 6.61 Å². The molecule has 0 radical (unpaired) electrons. The van der Waals surface area contributed by atoms with Gasteiger partial charge in [-0.25, -0.2) is 9.18 Å². The van der Waals surface area contributed by atoms with Gasteiger partial charge in [-0.2, -0.15) is 0 Å². The van der Waals surface area contributed by atoms with Crippen molar-refractivity contribution < 1.29 is 19.0 Å². The summed E-state index contributed by atoms with van der Waals surface area (Å²) in [5.41, 5.74) is 0.360. The maximum absolute atomic E-state index is 13.0. The number of carboxylic acids is 1. The number of carbonyl (C=O) groups is 1. The lowest BCUT2D eigenvalue weighted by Crippen LogP contribution is -2.06. The van der Waals surface area contributed by atoms with Crippen LogP contribution in [0, 0.1) is 5.82 Å². The molecule has 0 bridgehead atoms. The van der Waals surface area contributed by atoms with Crippen molar-refractivity contribution in [3.63, 3.8) is 0 Å². The molecule has 1 N–H and O–H groups in total. The number of ether oxygens (including phenoxy) is 1. The van der Waals surface area contributed by atoms with E-state index in [2.05, 4.69) is 0 Å². The highest BCUT2D eigenvalue weighted by Gasteiger charge is 2.11. The smallest absolute Gasteiger partial charge is 0.336 e. The van der Waals surface area contributed by atoms with Crippen LogP contribution < -0.4 is 4.74 Å². The van der Waals surface area contributed by atoms with Gasteiger partial charge in [-0.1, -0.05) is 24.3 Å². The van der Waals surface area contributed by atoms with Gasteiger partial charge in [0.2, 0.25) is 0 Å². The van der Waals surface area contributed by atoms with Crippen LogP contribution in [0.1, 0.15) is 15.9 Å². The quantitative estimate of drug-likeness (QED) is 0.901. The Morgan fingerprint density at radius 3 is 2.56 bits per heavy atom. The summed E-state index contributed by atoms with van der Waals surface area (Å²) in [6.45, 7) is 0.0892. The lowest BCUT2D eigenvalue weighted by molar-refractivity contribution is 0.0693. The van der Waals surface area contributed by atoms with E-state index < -0.39 is 11.8 Å². The summed E-state index contributed by atoms with van der Waals surface area (Å²) in [6.07, 6.45) is 0. The molecule has 0 unspecified atom stereocenters. The van der Waals surface area contributed by atoms with E-state index in [0.29, 0.717) is 11.3 Å². The normalized spacial score (nSPS) is 10.1. The number of hydrogen-bond donors (Lipinski definition) is 1. The van der Waals surface area contributed by atoms with Crippen molar-refractivity contribution in [3.8, 4) is 5.75 Å². The maximum Gasteiger partial charge on any atom is 0.336 e. The number of para-hydroxylation sites is 1. The molecular formula is C14H11FO3. The summed E-state index contributed by atoms with van der Waals surface area (Å²) in [5, 5.41) is 8.97. The van der Waals surface area contributed by atoms with Gasteiger partial charge in [0.25, 0.3) is 0 Å². The SMILES string of the molecule is O=C(O)c1cc(F)ccc1COc1ccccc1. The van der Waals surface area contributed by atoms with Crippen LogP contribution in [0.3, 0.4) is 0 Å². The molecule has 0 aliphatic rings. The number of rotatable bonds is 4. The van der Waals surface area contributed by atoms with E-state index in [1.807, 2.05) is 18.2 Å². The van der Waals surface area contributed by atoms with Crippen molar-refractivity contribution in [1.29, 1.82) is 0 Å². The number of benzene rings is 2. The predicted octanol–water partition coefficient (Wildman–Crippen LogP) is 3.10. The minimum absolute atomic E-state index is 0.0778. The molecule has 0 spiro atoms. The monoisotopic (exact) mass is 246 g/mol. The summed E-state index contributed by atoms with van der Waals surface area (Å²) < 4.78 is 18.4.